The Bertz CT molecular complexity index is 936. The number of amides is 1. The molecule has 3 aromatic rings. The van der Waals surface area contributed by atoms with Gasteiger partial charge in [-0.15, -0.1) is 11.3 Å². The second-order valence-electron chi connectivity index (χ2n) is 7.00. The van der Waals surface area contributed by atoms with Crippen LogP contribution in [0, 0.1) is 6.92 Å². The number of aryl methyl sites for hydroxylation is 1. The predicted molar refractivity (Wildman–Crippen MR) is 111 cm³/mol. The number of fused-ring (bicyclic) bond motifs is 1. The van der Waals surface area contributed by atoms with Crippen molar-refractivity contribution in [2.24, 2.45) is 0 Å². The van der Waals surface area contributed by atoms with Crippen LogP contribution in [-0.4, -0.2) is 53.5 Å². The summed E-state index contributed by atoms with van der Waals surface area (Å²) in [7, 11) is 2.11. The molecule has 3 heterocycles. The average Bonchev–Trinajstić information content (AvgIpc) is 3.14. The number of likely N-dealkylation sites (N-methyl/N-ethyl adjacent to an activating group) is 1. The minimum Gasteiger partial charge on any atom is -0.335 e. The predicted octanol–water partition coefficient (Wildman–Crippen LogP) is 4.21. The number of hydrogen-bond donors (Lipinski definition) is 0. The van der Waals surface area contributed by atoms with Crippen molar-refractivity contribution in [1.82, 2.24) is 14.4 Å². The molecule has 1 aromatic carbocycles. The highest BCUT2D eigenvalue weighted by Gasteiger charge is 2.25. The van der Waals surface area contributed by atoms with E-state index in [4.69, 9.17) is 0 Å². The molecule has 0 unspecified atom stereocenters. The normalized spacial score (nSPS) is 15.7. The molecule has 1 fully saturated rings. The van der Waals surface area contributed by atoms with Crippen LogP contribution in [0.2, 0.25) is 0 Å². The molecule has 0 bridgehead atoms. The molecule has 1 aliphatic rings. The average molecular weight is 432 g/mol. The van der Waals surface area contributed by atoms with Crippen molar-refractivity contribution in [3.63, 3.8) is 0 Å². The van der Waals surface area contributed by atoms with Gasteiger partial charge in [0, 0.05) is 32.7 Å². The number of halogens is 1. The highest BCUT2D eigenvalue weighted by Crippen LogP contribution is 2.33. The topological polar surface area (TPSA) is 28.5 Å². The fraction of sp³-hybridized carbons (Fsp3) is 0.350. The first-order chi connectivity index (χ1) is 12.5. The van der Waals surface area contributed by atoms with E-state index in [-0.39, 0.29) is 5.91 Å². The van der Waals surface area contributed by atoms with E-state index in [1.54, 1.807) is 11.3 Å². The quantitative estimate of drug-likeness (QED) is 0.621. The van der Waals surface area contributed by atoms with Crippen LogP contribution in [0.4, 0.5) is 0 Å². The van der Waals surface area contributed by atoms with Gasteiger partial charge >= 0.3 is 0 Å². The molecule has 136 valence electrons. The number of rotatable bonds is 3. The molecule has 4 rings (SSSR count). The fourth-order valence-corrected chi connectivity index (χ4v) is 4.97. The van der Waals surface area contributed by atoms with Gasteiger partial charge in [-0.2, -0.15) is 0 Å². The first kappa shape index (κ1) is 17.8. The van der Waals surface area contributed by atoms with Crippen LogP contribution >= 0.6 is 27.3 Å². The van der Waals surface area contributed by atoms with E-state index in [1.165, 1.54) is 11.1 Å². The number of carbonyl (C=O) groups excluding carboxylic acids is 1. The van der Waals surface area contributed by atoms with Gasteiger partial charge < -0.3 is 14.4 Å². The molecule has 1 amide bonds. The van der Waals surface area contributed by atoms with Gasteiger partial charge in [0.2, 0.25) is 0 Å². The van der Waals surface area contributed by atoms with Gasteiger partial charge in [-0.25, -0.2) is 0 Å². The summed E-state index contributed by atoms with van der Waals surface area (Å²) in [5.41, 5.74) is 4.38. The number of piperazine rings is 1. The first-order valence-electron chi connectivity index (χ1n) is 8.83. The van der Waals surface area contributed by atoms with Crippen LogP contribution < -0.4 is 0 Å². The van der Waals surface area contributed by atoms with Crippen molar-refractivity contribution < 1.29 is 4.79 Å². The zero-order valence-electron chi connectivity index (χ0n) is 15.0. The molecule has 26 heavy (non-hydrogen) atoms. The summed E-state index contributed by atoms with van der Waals surface area (Å²) in [6, 6.07) is 12.7. The van der Waals surface area contributed by atoms with Crippen molar-refractivity contribution in [1.29, 1.82) is 0 Å². The van der Waals surface area contributed by atoms with E-state index in [0.717, 1.165) is 45.9 Å². The van der Waals surface area contributed by atoms with Gasteiger partial charge in [0.1, 0.15) is 5.69 Å². The lowest BCUT2D eigenvalue weighted by atomic mass is 10.1. The monoisotopic (exact) mass is 431 g/mol. The summed E-state index contributed by atoms with van der Waals surface area (Å²) in [5.74, 6) is 0.143. The molecule has 4 nitrogen and oxygen atoms in total. The third-order valence-electron chi connectivity index (χ3n) is 5.03. The van der Waals surface area contributed by atoms with Gasteiger partial charge in [-0.05, 0) is 47.6 Å². The minimum absolute atomic E-state index is 0.143. The third-order valence-corrected chi connectivity index (χ3v) is 6.60. The number of hydrogen-bond acceptors (Lipinski definition) is 3. The van der Waals surface area contributed by atoms with Gasteiger partial charge in [-0.3, -0.25) is 4.79 Å². The number of aromatic nitrogens is 1. The molecule has 2 aromatic heterocycles. The van der Waals surface area contributed by atoms with E-state index in [0.29, 0.717) is 6.54 Å². The first-order valence-corrected chi connectivity index (χ1v) is 10.4. The second kappa shape index (κ2) is 7.18. The maximum absolute atomic E-state index is 13.2. The van der Waals surface area contributed by atoms with Crippen LogP contribution in [-0.2, 0) is 6.54 Å². The van der Waals surface area contributed by atoms with Crippen molar-refractivity contribution >= 4 is 43.4 Å². The number of carbonyl (C=O) groups is 1. The Balaban J connectivity index is 1.70. The molecule has 1 saturated heterocycles. The van der Waals surface area contributed by atoms with Crippen LogP contribution in [0.5, 0.6) is 0 Å². The van der Waals surface area contributed by atoms with Crippen LogP contribution in [0.1, 0.15) is 21.6 Å². The zero-order valence-corrected chi connectivity index (χ0v) is 17.4. The lowest BCUT2D eigenvalue weighted by Crippen LogP contribution is -2.47. The van der Waals surface area contributed by atoms with Crippen molar-refractivity contribution in [3.8, 4) is 0 Å². The molecule has 6 heteroatoms. The van der Waals surface area contributed by atoms with E-state index >= 15 is 0 Å². The third kappa shape index (κ3) is 3.46. The Morgan fingerprint density at radius 2 is 1.81 bits per heavy atom. The summed E-state index contributed by atoms with van der Waals surface area (Å²) in [6.45, 7) is 6.26. The van der Waals surface area contributed by atoms with Gasteiger partial charge in [0.25, 0.3) is 5.91 Å². The zero-order chi connectivity index (χ0) is 18.3. The van der Waals surface area contributed by atoms with Gasteiger partial charge in [-0.1, -0.05) is 29.8 Å². The Labute approximate surface area is 166 Å². The standard InChI is InChI=1S/C20H22BrN3OS/c1-14-3-5-15(6-4-14)13-24-16-12-19(21)26-18(16)11-17(24)20(25)23-9-7-22(2)8-10-23/h3-6,11-12H,7-10,13H2,1-2H3. The Kier molecular flexibility index (Phi) is 4.90. The minimum atomic E-state index is 0.143. The summed E-state index contributed by atoms with van der Waals surface area (Å²) in [6.07, 6.45) is 0. The Morgan fingerprint density at radius 3 is 2.50 bits per heavy atom. The molecule has 0 radical (unpaired) electrons. The lowest BCUT2D eigenvalue weighted by molar-refractivity contribution is 0.0654. The molecule has 0 atom stereocenters. The molecular formula is C20H22BrN3OS. The van der Waals surface area contributed by atoms with E-state index in [9.17, 15) is 4.79 Å². The van der Waals surface area contributed by atoms with E-state index < -0.39 is 0 Å². The summed E-state index contributed by atoms with van der Waals surface area (Å²) in [5, 5.41) is 0. The van der Waals surface area contributed by atoms with E-state index in [1.807, 2.05) is 4.90 Å². The molecular weight excluding hydrogens is 410 g/mol. The number of thiophene rings is 1. The molecule has 0 saturated carbocycles. The van der Waals surface area contributed by atoms with Crippen molar-refractivity contribution in [3.05, 3.63) is 57.0 Å². The molecule has 0 N–H and O–H groups in total. The smallest absolute Gasteiger partial charge is 0.270 e. The largest absolute Gasteiger partial charge is 0.335 e. The summed E-state index contributed by atoms with van der Waals surface area (Å²) < 4.78 is 4.42. The molecule has 0 spiro atoms. The fourth-order valence-electron chi connectivity index (χ4n) is 3.41. The highest BCUT2D eigenvalue weighted by atomic mass is 79.9. The van der Waals surface area contributed by atoms with E-state index in [2.05, 4.69) is 75.8 Å². The van der Waals surface area contributed by atoms with Gasteiger partial charge in [0.05, 0.1) is 14.0 Å². The SMILES string of the molecule is Cc1ccc(Cn2c(C(=O)N3CCN(C)CC3)cc3sc(Br)cc32)cc1. The summed E-state index contributed by atoms with van der Waals surface area (Å²) >= 11 is 5.26. The van der Waals surface area contributed by atoms with Crippen molar-refractivity contribution in [2.45, 2.75) is 13.5 Å². The second-order valence-corrected chi connectivity index (χ2v) is 9.46. The van der Waals surface area contributed by atoms with Crippen LogP contribution in [0.3, 0.4) is 0 Å². The van der Waals surface area contributed by atoms with Crippen molar-refractivity contribution in [2.75, 3.05) is 33.2 Å². The van der Waals surface area contributed by atoms with Crippen LogP contribution in [0.25, 0.3) is 10.2 Å². The Hall–Kier alpha value is -1.63. The van der Waals surface area contributed by atoms with Gasteiger partial charge in [0.15, 0.2) is 0 Å². The number of benzene rings is 1. The molecule has 1 aliphatic heterocycles. The summed E-state index contributed by atoms with van der Waals surface area (Å²) in [4.78, 5) is 17.5. The highest BCUT2D eigenvalue weighted by molar-refractivity contribution is 9.11. The maximum atomic E-state index is 13.2. The molecule has 0 aliphatic carbocycles. The lowest BCUT2D eigenvalue weighted by Gasteiger charge is -2.32. The maximum Gasteiger partial charge on any atom is 0.270 e. The number of nitrogens with zero attached hydrogens (tertiary/aromatic N) is 3. The van der Waals surface area contributed by atoms with Crippen LogP contribution in [0.15, 0.2) is 40.2 Å². The Morgan fingerprint density at radius 1 is 1.12 bits per heavy atom.